The van der Waals surface area contributed by atoms with Gasteiger partial charge in [0.1, 0.15) is 10.6 Å². The minimum atomic E-state index is -4.92. The van der Waals surface area contributed by atoms with Crippen LogP contribution in [0.3, 0.4) is 0 Å². The van der Waals surface area contributed by atoms with E-state index >= 15 is 0 Å². The van der Waals surface area contributed by atoms with Crippen molar-refractivity contribution < 1.29 is 26.3 Å². The molecule has 2 N–H and O–H groups in total. The van der Waals surface area contributed by atoms with Gasteiger partial charge in [-0.2, -0.15) is 17.9 Å². The Labute approximate surface area is 191 Å². The summed E-state index contributed by atoms with van der Waals surface area (Å²) in [5, 5.41) is 2.54. The summed E-state index contributed by atoms with van der Waals surface area (Å²) in [7, 11) is -4.48. The molecular formula is C20H15ClF3N5O3S. The highest BCUT2D eigenvalue weighted by atomic mass is 35.5. The number of hydrogen-bond acceptors (Lipinski definition) is 7. The minimum absolute atomic E-state index is 0.128. The number of nitrogens with zero attached hydrogens (tertiary/aromatic N) is 3. The van der Waals surface area contributed by atoms with Crippen molar-refractivity contribution in [1.29, 1.82) is 0 Å². The molecule has 0 fully saturated rings. The molecule has 0 amide bonds. The summed E-state index contributed by atoms with van der Waals surface area (Å²) in [6, 6.07) is 9.37. The number of benzene rings is 1. The number of sulfonamides is 1. The van der Waals surface area contributed by atoms with Gasteiger partial charge < -0.3 is 10.1 Å². The van der Waals surface area contributed by atoms with E-state index in [0.29, 0.717) is 0 Å². The van der Waals surface area contributed by atoms with Gasteiger partial charge in [-0.3, -0.25) is 15.0 Å². The van der Waals surface area contributed by atoms with Crippen molar-refractivity contribution in [3.63, 3.8) is 0 Å². The van der Waals surface area contributed by atoms with E-state index in [9.17, 15) is 21.6 Å². The molecule has 1 aromatic carbocycles. The summed E-state index contributed by atoms with van der Waals surface area (Å²) in [6.07, 6.45) is -1.58. The van der Waals surface area contributed by atoms with E-state index in [1.165, 1.54) is 61.1 Å². The zero-order chi connectivity index (χ0) is 23.7. The van der Waals surface area contributed by atoms with Crippen molar-refractivity contribution >= 4 is 39.2 Å². The second-order valence-corrected chi connectivity index (χ2v) is 8.93. The predicted molar refractivity (Wildman–Crippen MR) is 115 cm³/mol. The second-order valence-electron chi connectivity index (χ2n) is 6.87. The van der Waals surface area contributed by atoms with Crippen molar-refractivity contribution in [3.8, 4) is 0 Å². The van der Waals surface area contributed by atoms with Crippen LogP contribution in [0.15, 0.2) is 77.1 Å². The molecule has 0 bridgehead atoms. The first kappa shape index (κ1) is 23.1. The molecule has 4 rings (SSSR count). The Kier molecular flexibility index (Phi) is 6.10. The lowest BCUT2D eigenvalue weighted by Crippen LogP contribution is -2.59. The Bertz CT molecular complexity index is 1290. The number of ether oxygens (including phenoxy) is 1. The molecule has 0 aliphatic carbocycles. The van der Waals surface area contributed by atoms with E-state index in [2.05, 4.69) is 25.0 Å². The first-order valence-electron chi connectivity index (χ1n) is 9.30. The summed E-state index contributed by atoms with van der Waals surface area (Å²) in [6.45, 7) is 0. The average molecular weight is 498 g/mol. The molecule has 2 aromatic heterocycles. The number of aromatic nitrogens is 2. The molecule has 3 heterocycles. The molecule has 0 saturated carbocycles. The van der Waals surface area contributed by atoms with Crippen molar-refractivity contribution in [1.82, 2.24) is 14.7 Å². The van der Waals surface area contributed by atoms with Crippen molar-refractivity contribution in [2.24, 2.45) is 4.99 Å². The van der Waals surface area contributed by atoms with E-state index in [1.807, 2.05) is 0 Å². The van der Waals surface area contributed by atoms with Crippen LogP contribution < -0.4 is 10.0 Å². The highest BCUT2D eigenvalue weighted by Crippen LogP contribution is 2.40. The zero-order valence-electron chi connectivity index (χ0n) is 16.5. The summed E-state index contributed by atoms with van der Waals surface area (Å²) in [5.41, 5.74) is 0.136. The lowest BCUT2D eigenvalue weighted by atomic mass is 10.1. The number of aliphatic imine (C=N–C) groups is 1. The van der Waals surface area contributed by atoms with Gasteiger partial charge in [0.05, 0.1) is 23.1 Å². The fourth-order valence-electron chi connectivity index (χ4n) is 3.08. The molecule has 0 saturated heterocycles. The molecule has 0 spiro atoms. The number of pyridine rings is 2. The molecular weight excluding hydrogens is 483 g/mol. The van der Waals surface area contributed by atoms with E-state index in [-0.39, 0.29) is 26.9 Å². The van der Waals surface area contributed by atoms with Gasteiger partial charge in [0.15, 0.2) is 6.10 Å². The lowest BCUT2D eigenvalue weighted by molar-refractivity contribution is -0.243. The third-order valence-corrected chi connectivity index (χ3v) is 6.45. The fourth-order valence-corrected chi connectivity index (χ4v) is 4.77. The van der Waals surface area contributed by atoms with Gasteiger partial charge in [-0.05, 0) is 24.3 Å². The number of halogens is 4. The normalized spacial score (nSPS) is 18.9. The number of nitrogens with one attached hydrogen (secondary N) is 2. The fraction of sp³-hybridized carbons (Fsp3) is 0.150. The number of fused-ring (bicyclic) bond motifs is 1. The molecule has 2 atom stereocenters. The van der Waals surface area contributed by atoms with Crippen LogP contribution in [0.25, 0.3) is 0 Å². The smallest absolute Gasteiger partial charge is 0.338 e. The van der Waals surface area contributed by atoms with Gasteiger partial charge in [0.25, 0.3) is 0 Å². The predicted octanol–water partition coefficient (Wildman–Crippen LogP) is 4.21. The molecule has 172 valence electrons. The van der Waals surface area contributed by atoms with E-state index in [0.717, 1.165) is 12.4 Å². The highest BCUT2D eigenvalue weighted by Gasteiger charge is 2.49. The van der Waals surface area contributed by atoms with Crippen molar-refractivity contribution in [2.45, 2.75) is 23.0 Å². The summed E-state index contributed by atoms with van der Waals surface area (Å²) in [5.74, 6) is -2.43. The molecule has 0 radical (unpaired) electrons. The molecule has 1 aliphatic heterocycles. The van der Waals surface area contributed by atoms with Gasteiger partial charge in [-0.15, -0.1) is 0 Å². The molecule has 2 unspecified atom stereocenters. The SMILES string of the molecule is O=S(=O)(NC1(OC(c2cccnc2)C(F)(F)F)C=Nc2cnccc2N1)c1ccccc1Cl. The number of rotatable bonds is 6. The molecule has 1 aliphatic rings. The topological polar surface area (TPSA) is 106 Å². The first-order chi connectivity index (χ1) is 15.6. The molecule has 3 aromatic rings. The Morgan fingerprint density at radius 2 is 1.82 bits per heavy atom. The maximum absolute atomic E-state index is 14.0. The Morgan fingerprint density at radius 1 is 1.06 bits per heavy atom. The largest absolute Gasteiger partial charge is 0.419 e. The van der Waals surface area contributed by atoms with Crippen molar-refractivity contribution in [3.05, 3.63) is 77.8 Å². The van der Waals surface area contributed by atoms with Gasteiger partial charge in [0.2, 0.25) is 15.9 Å². The van der Waals surface area contributed by atoms with E-state index < -0.39 is 28.2 Å². The molecule has 13 heteroatoms. The van der Waals surface area contributed by atoms with Gasteiger partial charge in [0, 0.05) is 24.2 Å². The van der Waals surface area contributed by atoms with Crippen LogP contribution in [-0.2, 0) is 14.8 Å². The highest BCUT2D eigenvalue weighted by molar-refractivity contribution is 7.89. The average Bonchev–Trinajstić information content (AvgIpc) is 2.77. The summed E-state index contributed by atoms with van der Waals surface area (Å²) < 4.78 is 75.8. The Hall–Kier alpha value is -3.06. The lowest BCUT2D eigenvalue weighted by Gasteiger charge is -2.38. The number of alkyl halides is 3. The van der Waals surface area contributed by atoms with Crippen LogP contribution in [-0.4, -0.2) is 36.6 Å². The van der Waals surface area contributed by atoms with Crippen LogP contribution in [0.5, 0.6) is 0 Å². The Morgan fingerprint density at radius 3 is 2.52 bits per heavy atom. The second kappa shape index (κ2) is 8.71. The minimum Gasteiger partial charge on any atom is -0.338 e. The van der Waals surface area contributed by atoms with Crippen LogP contribution in [0.4, 0.5) is 24.5 Å². The van der Waals surface area contributed by atoms with Crippen LogP contribution in [0.2, 0.25) is 5.02 Å². The number of anilines is 1. The summed E-state index contributed by atoms with van der Waals surface area (Å²) in [4.78, 5) is 11.3. The van der Waals surface area contributed by atoms with Crippen LogP contribution in [0, 0.1) is 0 Å². The molecule has 8 nitrogen and oxygen atoms in total. The van der Waals surface area contributed by atoms with Gasteiger partial charge in [-0.25, -0.2) is 8.42 Å². The standard InChI is InChI=1S/C20H15ClF3N5O3S/c21-14-5-1-2-6-17(14)33(30,31)29-19(12-27-16-11-26-9-7-15(16)28-19)32-18(20(22,23)24)13-4-3-8-25-10-13/h1-12,18,28-29H. The Balaban J connectivity index is 1.80. The third-order valence-electron chi connectivity index (χ3n) is 4.51. The van der Waals surface area contributed by atoms with Crippen LogP contribution >= 0.6 is 11.6 Å². The zero-order valence-corrected chi connectivity index (χ0v) is 18.1. The quantitative estimate of drug-likeness (QED) is 0.494. The number of hydrogen-bond donors (Lipinski definition) is 2. The van der Waals surface area contributed by atoms with Crippen molar-refractivity contribution in [2.75, 3.05) is 5.32 Å². The van der Waals surface area contributed by atoms with Crippen LogP contribution in [0.1, 0.15) is 11.7 Å². The maximum Gasteiger partial charge on any atom is 0.419 e. The monoisotopic (exact) mass is 497 g/mol. The van der Waals surface area contributed by atoms with E-state index in [4.69, 9.17) is 16.3 Å². The van der Waals surface area contributed by atoms with Gasteiger partial charge in [-0.1, -0.05) is 29.8 Å². The summed E-state index contributed by atoms with van der Waals surface area (Å²) >= 11 is 6.02. The molecule has 33 heavy (non-hydrogen) atoms. The van der Waals surface area contributed by atoms with Gasteiger partial charge >= 0.3 is 6.18 Å². The first-order valence-corrected chi connectivity index (χ1v) is 11.2. The maximum atomic E-state index is 14.0. The third kappa shape index (κ3) is 4.98. The van der Waals surface area contributed by atoms with E-state index in [1.54, 1.807) is 0 Å².